The number of fused-ring (bicyclic) bond motifs is 1. The Morgan fingerprint density at radius 3 is 2.40 bits per heavy atom. The Bertz CT molecular complexity index is 1380. The molecule has 2 amide bonds. The molecule has 12 heteroatoms. The molecule has 2 spiro atoms. The molecule has 45 heavy (non-hydrogen) atoms. The second kappa shape index (κ2) is 12.8. The van der Waals surface area contributed by atoms with Gasteiger partial charge in [-0.15, -0.1) is 5.10 Å². The van der Waals surface area contributed by atoms with Gasteiger partial charge >= 0.3 is 0 Å². The van der Waals surface area contributed by atoms with Gasteiger partial charge in [0.05, 0.1) is 31.6 Å². The number of halogens is 1. The fourth-order valence-corrected chi connectivity index (χ4v) is 9.15. The molecule has 11 nitrogen and oxygen atoms in total. The van der Waals surface area contributed by atoms with Crippen LogP contribution in [0, 0.1) is 22.6 Å². The molecule has 1 aliphatic carbocycles. The number of carbonyl (C=O) groups excluding carboxylic acids is 2. The van der Waals surface area contributed by atoms with E-state index in [1.165, 1.54) is 55.7 Å². The van der Waals surface area contributed by atoms with Gasteiger partial charge in [0.15, 0.2) is 17.3 Å². The first-order valence-corrected chi connectivity index (χ1v) is 17.3. The highest BCUT2D eigenvalue weighted by atomic mass is 19.1. The van der Waals surface area contributed by atoms with Gasteiger partial charge in [-0.05, 0) is 45.2 Å². The Balaban J connectivity index is 1.12. The number of nitrogens with two attached hydrogens (primary N) is 1. The van der Waals surface area contributed by atoms with Crippen LogP contribution in [0.1, 0.15) is 87.4 Å². The molecule has 4 saturated heterocycles. The summed E-state index contributed by atoms with van der Waals surface area (Å²) >= 11 is 0. The van der Waals surface area contributed by atoms with Gasteiger partial charge < -0.3 is 26.0 Å². The van der Waals surface area contributed by atoms with Gasteiger partial charge in [0.2, 0.25) is 5.91 Å². The van der Waals surface area contributed by atoms with E-state index in [0.717, 1.165) is 84.2 Å². The summed E-state index contributed by atoms with van der Waals surface area (Å²) in [5.41, 5.74) is 6.84. The van der Waals surface area contributed by atoms with Gasteiger partial charge in [-0.3, -0.25) is 14.5 Å². The molecule has 0 radical (unpaired) electrons. The summed E-state index contributed by atoms with van der Waals surface area (Å²) in [4.78, 5) is 36.4. The fourth-order valence-electron chi connectivity index (χ4n) is 9.15. The summed E-state index contributed by atoms with van der Waals surface area (Å²) < 4.78 is 20.6. The molecule has 7 rings (SSSR count). The third-order valence-electron chi connectivity index (χ3n) is 11.5. The van der Waals surface area contributed by atoms with Crippen molar-refractivity contribution in [1.82, 2.24) is 35.0 Å². The van der Waals surface area contributed by atoms with Crippen LogP contribution in [0.5, 0.6) is 0 Å². The minimum absolute atomic E-state index is 0.0178. The van der Waals surface area contributed by atoms with Crippen molar-refractivity contribution in [2.75, 3.05) is 58.2 Å². The van der Waals surface area contributed by atoms with E-state index in [0.29, 0.717) is 12.5 Å². The number of nitrogen functional groups attached to an aromatic ring is 1. The normalized spacial score (nSPS) is 27.9. The maximum Gasteiger partial charge on any atom is 0.259 e. The van der Waals surface area contributed by atoms with Gasteiger partial charge in [0.25, 0.3) is 5.91 Å². The lowest BCUT2D eigenvalue weighted by molar-refractivity contribution is -0.141. The zero-order valence-corrected chi connectivity index (χ0v) is 26.4. The summed E-state index contributed by atoms with van der Waals surface area (Å²) in [6, 6.07) is -0.0258. The van der Waals surface area contributed by atoms with Crippen molar-refractivity contribution in [1.29, 1.82) is 0 Å². The zero-order chi connectivity index (χ0) is 31.0. The van der Waals surface area contributed by atoms with Gasteiger partial charge in [0.1, 0.15) is 5.56 Å². The molecular formula is C33H49FN8O3. The second-order valence-corrected chi connectivity index (χ2v) is 14.6. The summed E-state index contributed by atoms with van der Waals surface area (Å²) in [5.74, 6) is -0.472. The first-order valence-electron chi connectivity index (χ1n) is 17.3. The van der Waals surface area contributed by atoms with Crippen LogP contribution in [0.3, 0.4) is 0 Å². The highest BCUT2D eigenvalue weighted by Crippen LogP contribution is 2.44. The first kappa shape index (κ1) is 30.8. The molecule has 2 atom stereocenters. The lowest BCUT2D eigenvalue weighted by atomic mass is 9.66. The van der Waals surface area contributed by atoms with Crippen LogP contribution in [0.25, 0.3) is 5.65 Å². The largest absolute Gasteiger partial charge is 0.381 e. The maximum absolute atomic E-state index is 13.9. The zero-order valence-electron chi connectivity index (χ0n) is 26.4. The summed E-state index contributed by atoms with van der Waals surface area (Å²) in [6.45, 7) is 6.53. The van der Waals surface area contributed by atoms with Crippen molar-refractivity contribution in [3.63, 3.8) is 0 Å². The Labute approximate surface area is 264 Å². The van der Waals surface area contributed by atoms with Gasteiger partial charge in [-0.2, -0.15) is 0 Å². The highest BCUT2D eigenvalue weighted by Gasteiger charge is 2.50. The minimum Gasteiger partial charge on any atom is -0.381 e. The molecule has 0 aromatic carbocycles. The first-order chi connectivity index (χ1) is 21.9. The number of aromatic nitrogens is 3. The van der Waals surface area contributed by atoms with Crippen molar-refractivity contribution in [3.05, 3.63) is 23.8 Å². The Hall–Kier alpha value is -2.83. The molecular weight excluding hydrogens is 575 g/mol. The molecule has 4 N–H and O–H groups in total. The van der Waals surface area contributed by atoms with Crippen LogP contribution in [0.15, 0.2) is 12.4 Å². The van der Waals surface area contributed by atoms with E-state index in [1.807, 2.05) is 0 Å². The van der Waals surface area contributed by atoms with E-state index < -0.39 is 5.82 Å². The number of rotatable bonds is 4. The summed E-state index contributed by atoms with van der Waals surface area (Å²) in [7, 11) is 0. The molecule has 2 aromatic heterocycles. The molecule has 6 heterocycles. The molecule has 0 bridgehead atoms. The van der Waals surface area contributed by atoms with Crippen molar-refractivity contribution < 1.29 is 18.7 Å². The van der Waals surface area contributed by atoms with Gasteiger partial charge in [-0.25, -0.2) is 13.9 Å². The lowest BCUT2D eigenvalue weighted by Gasteiger charge is -2.55. The molecule has 246 valence electrons. The van der Waals surface area contributed by atoms with E-state index in [1.54, 1.807) is 0 Å². The van der Waals surface area contributed by atoms with E-state index in [-0.39, 0.29) is 51.8 Å². The van der Waals surface area contributed by atoms with Crippen LogP contribution in [-0.2, 0) is 9.53 Å². The Morgan fingerprint density at radius 1 is 1.02 bits per heavy atom. The standard InChI is InChI=1S/C33H49FN8O3/c34-24-16-37-29-26(28(35)39-42(29)18-24)30(43)38-25-17-36-19-33(10-6-4-2-1-3-5-7-11-33)27(25)40-13-8-23(9-14-40)31(44)41-15-12-32(20-41)21-45-22-32/h16,18,23,25,27,36H,1-15,17,19-22H2,(H2,35,39)(H,38,43). The smallest absolute Gasteiger partial charge is 0.259 e. The SMILES string of the molecule is Nc1nn2cc(F)cnc2c1C(=O)NC1CNCC2(CCCCCCCCC2)C1N1CCC(C(=O)N2CCC3(COC3)C2)CC1. The van der Waals surface area contributed by atoms with Gasteiger partial charge in [0, 0.05) is 49.0 Å². The third-order valence-corrected chi connectivity index (χ3v) is 11.5. The van der Waals surface area contributed by atoms with E-state index in [4.69, 9.17) is 10.5 Å². The Morgan fingerprint density at radius 2 is 1.73 bits per heavy atom. The lowest BCUT2D eigenvalue weighted by Crippen LogP contribution is -2.69. The van der Waals surface area contributed by atoms with E-state index in [9.17, 15) is 14.0 Å². The van der Waals surface area contributed by atoms with Crippen molar-refractivity contribution in [2.45, 2.75) is 89.1 Å². The van der Waals surface area contributed by atoms with Crippen molar-refractivity contribution in [3.8, 4) is 0 Å². The molecule has 2 unspecified atom stereocenters. The third kappa shape index (κ3) is 6.05. The van der Waals surface area contributed by atoms with Gasteiger partial charge in [-0.1, -0.05) is 44.9 Å². The molecule has 2 aromatic rings. The number of amides is 2. The number of hydrogen-bond donors (Lipinski definition) is 3. The molecule has 1 saturated carbocycles. The van der Waals surface area contributed by atoms with Crippen LogP contribution in [0.4, 0.5) is 10.2 Å². The number of piperidine rings is 2. The van der Waals surface area contributed by atoms with Crippen LogP contribution < -0.4 is 16.4 Å². The topological polar surface area (TPSA) is 130 Å². The second-order valence-electron chi connectivity index (χ2n) is 14.6. The van der Waals surface area contributed by atoms with E-state index in [2.05, 4.69) is 30.5 Å². The molecule has 5 fully saturated rings. The minimum atomic E-state index is -0.547. The number of carbonyl (C=O) groups is 2. The van der Waals surface area contributed by atoms with Crippen LogP contribution in [0.2, 0.25) is 0 Å². The fraction of sp³-hybridized carbons (Fsp3) is 0.758. The summed E-state index contributed by atoms with van der Waals surface area (Å²) in [5, 5.41) is 11.2. The molecule has 4 aliphatic heterocycles. The number of hydrogen-bond acceptors (Lipinski definition) is 8. The monoisotopic (exact) mass is 624 g/mol. The van der Waals surface area contributed by atoms with E-state index >= 15 is 0 Å². The predicted molar refractivity (Wildman–Crippen MR) is 168 cm³/mol. The Kier molecular flexibility index (Phi) is 8.73. The number of nitrogens with one attached hydrogen (secondary N) is 2. The average Bonchev–Trinajstić information content (AvgIpc) is 3.62. The highest BCUT2D eigenvalue weighted by molar-refractivity contribution is 6.04. The number of anilines is 1. The van der Waals surface area contributed by atoms with Crippen LogP contribution in [-0.4, -0.2) is 101 Å². The summed E-state index contributed by atoms with van der Waals surface area (Å²) in [6.07, 6.45) is 16.0. The van der Waals surface area contributed by atoms with Crippen molar-refractivity contribution >= 4 is 23.3 Å². The predicted octanol–water partition coefficient (Wildman–Crippen LogP) is 2.99. The maximum atomic E-state index is 13.9. The number of nitrogens with zero attached hydrogens (tertiary/aromatic N) is 5. The molecule has 5 aliphatic rings. The number of ether oxygens (including phenoxy) is 1. The quantitative estimate of drug-likeness (QED) is 0.474. The average molecular weight is 625 g/mol. The van der Waals surface area contributed by atoms with Crippen molar-refractivity contribution in [2.24, 2.45) is 16.7 Å². The van der Waals surface area contributed by atoms with Crippen LogP contribution >= 0.6 is 0 Å². The number of likely N-dealkylation sites (tertiary alicyclic amines) is 2.